The van der Waals surface area contributed by atoms with Crippen LogP contribution >= 0.6 is 7.52 Å². The van der Waals surface area contributed by atoms with Crippen LogP contribution in [0.25, 0.3) is 0 Å². The molecule has 0 amide bonds. The lowest BCUT2D eigenvalue weighted by molar-refractivity contribution is 0.125. The highest BCUT2D eigenvalue weighted by Gasteiger charge is 2.48. The van der Waals surface area contributed by atoms with Gasteiger partial charge in [0.15, 0.2) is 0 Å². The minimum atomic E-state index is -2.88. The van der Waals surface area contributed by atoms with Gasteiger partial charge in [-0.25, -0.2) is 4.67 Å². The molecule has 0 radical (unpaired) electrons. The van der Waals surface area contributed by atoms with Crippen LogP contribution in [0.15, 0.2) is 0 Å². The van der Waals surface area contributed by atoms with Crippen LogP contribution < -0.4 is 0 Å². The first-order valence-electron chi connectivity index (χ1n) is 7.52. The zero-order chi connectivity index (χ0) is 15.6. The molecule has 20 heavy (non-hydrogen) atoms. The van der Waals surface area contributed by atoms with E-state index in [0.717, 1.165) is 19.4 Å². The van der Waals surface area contributed by atoms with Crippen molar-refractivity contribution in [3.05, 3.63) is 0 Å². The Morgan fingerprint density at radius 3 is 2.25 bits per heavy atom. The molecule has 1 heterocycles. The minimum absolute atomic E-state index is 0.0113. The molecule has 0 aromatic heterocycles. The molecule has 2 atom stereocenters. The Morgan fingerprint density at radius 1 is 1.20 bits per heavy atom. The van der Waals surface area contributed by atoms with Gasteiger partial charge in [0.1, 0.15) is 0 Å². The van der Waals surface area contributed by atoms with E-state index in [4.69, 9.17) is 9.26 Å². The monoisotopic (exact) mass is 305 g/mol. The molecule has 4 nitrogen and oxygen atoms in total. The van der Waals surface area contributed by atoms with Gasteiger partial charge < -0.3 is 9.26 Å². The lowest BCUT2D eigenvalue weighted by Gasteiger charge is -2.41. The second kappa shape index (κ2) is 6.48. The Balaban J connectivity index is 2.97. The normalized spacial score (nSPS) is 24.9. The molecule has 1 aliphatic rings. The molecule has 0 aliphatic carbocycles. The third kappa shape index (κ3) is 4.30. The van der Waals surface area contributed by atoms with Gasteiger partial charge >= 0.3 is 0 Å². The van der Waals surface area contributed by atoms with Gasteiger partial charge in [-0.2, -0.15) is 0 Å². The van der Waals surface area contributed by atoms with Crippen molar-refractivity contribution < 1.29 is 13.8 Å². The van der Waals surface area contributed by atoms with E-state index < -0.39 is 7.52 Å². The van der Waals surface area contributed by atoms with Gasteiger partial charge in [-0.15, -0.1) is 0 Å². The van der Waals surface area contributed by atoms with Gasteiger partial charge in [0.25, 0.3) is 7.52 Å². The summed E-state index contributed by atoms with van der Waals surface area (Å²) in [6.07, 6.45) is 2.10. The summed E-state index contributed by atoms with van der Waals surface area (Å²) in [4.78, 5) is 0. The fourth-order valence-electron chi connectivity index (χ4n) is 2.46. The van der Waals surface area contributed by atoms with Gasteiger partial charge in [0, 0.05) is 19.7 Å². The van der Waals surface area contributed by atoms with E-state index in [9.17, 15) is 4.57 Å². The predicted octanol–water partition coefficient (Wildman–Crippen LogP) is 4.15. The minimum Gasteiger partial charge on any atom is -0.383 e. The Hall–Kier alpha value is 0.110. The average Bonchev–Trinajstić information content (AvgIpc) is 2.72. The van der Waals surface area contributed by atoms with Gasteiger partial charge in [0.2, 0.25) is 0 Å². The van der Waals surface area contributed by atoms with Crippen LogP contribution in [0, 0.1) is 5.41 Å². The summed E-state index contributed by atoms with van der Waals surface area (Å²) in [6, 6.07) is 0.213. The average molecular weight is 305 g/mol. The second-order valence-corrected chi connectivity index (χ2v) is 11.1. The maximum absolute atomic E-state index is 13.6. The molecule has 1 aliphatic heterocycles. The molecule has 0 aromatic carbocycles. The summed E-state index contributed by atoms with van der Waals surface area (Å²) in [5, 5.41) is -0.380. The molecular weight excluding hydrogens is 273 g/mol. The smallest absolute Gasteiger partial charge is 0.277 e. The standard InChI is InChI=1S/C15H32NO3P/c1-14(2,3)12-19-20(17,15(4,5)6)16-10-8-9-13(16)11-18-7/h13H,8-12H2,1-7H3/t13-,20?/m1/s1. The Morgan fingerprint density at radius 2 is 1.80 bits per heavy atom. The van der Waals surface area contributed by atoms with Crippen LogP contribution in [-0.4, -0.2) is 42.7 Å². The summed E-state index contributed by atoms with van der Waals surface area (Å²) < 4.78 is 27.0. The highest BCUT2D eigenvalue weighted by molar-refractivity contribution is 7.58. The number of hydrogen-bond donors (Lipinski definition) is 0. The molecule has 0 aromatic rings. The molecule has 1 fully saturated rings. The lowest BCUT2D eigenvalue weighted by Crippen LogP contribution is -2.38. The second-order valence-electron chi connectivity index (χ2n) is 7.94. The molecular formula is C15H32NO3P. The number of rotatable bonds is 5. The largest absolute Gasteiger partial charge is 0.383 e. The van der Waals surface area contributed by atoms with Gasteiger partial charge in [-0.1, -0.05) is 20.8 Å². The Labute approximate surface area is 124 Å². The molecule has 0 N–H and O–H groups in total. The first kappa shape index (κ1) is 18.2. The number of nitrogens with zero attached hydrogens (tertiary/aromatic N) is 1. The summed E-state index contributed by atoms with van der Waals surface area (Å²) >= 11 is 0. The van der Waals surface area contributed by atoms with E-state index in [1.54, 1.807) is 7.11 Å². The van der Waals surface area contributed by atoms with Crippen molar-refractivity contribution in [2.45, 2.75) is 65.6 Å². The van der Waals surface area contributed by atoms with E-state index in [-0.39, 0.29) is 16.6 Å². The van der Waals surface area contributed by atoms with E-state index >= 15 is 0 Å². The number of methoxy groups -OCH3 is 1. The van der Waals surface area contributed by atoms with Crippen LogP contribution in [0.5, 0.6) is 0 Å². The summed E-state index contributed by atoms with van der Waals surface area (Å²) in [7, 11) is -1.18. The van der Waals surface area contributed by atoms with Crippen molar-refractivity contribution in [1.29, 1.82) is 0 Å². The fourth-order valence-corrected chi connectivity index (χ4v) is 5.35. The van der Waals surface area contributed by atoms with Crippen LogP contribution in [-0.2, 0) is 13.8 Å². The fraction of sp³-hybridized carbons (Fsp3) is 1.00. The van der Waals surface area contributed by atoms with E-state index in [1.165, 1.54) is 0 Å². The third-order valence-electron chi connectivity index (χ3n) is 3.56. The topological polar surface area (TPSA) is 38.8 Å². The Bertz CT molecular complexity index is 357. The van der Waals surface area contributed by atoms with E-state index in [0.29, 0.717) is 13.2 Å². The maximum atomic E-state index is 13.6. The van der Waals surface area contributed by atoms with Crippen molar-refractivity contribution in [1.82, 2.24) is 4.67 Å². The molecule has 0 saturated carbocycles. The summed E-state index contributed by atoms with van der Waals surface area (Å²) in [5.41, 5.74) is 0.0113. The zero-order valence-corrected chi connectivity index (χ0v) is 15.1. The van der Waals surface area contributed by atoms with Crippen molar-refractivity contribution in [2.75, 3.05) is 26.9 Å². The molecule has 0 spiro atoms. The lowest BCUT2D eigenvalue weighted by atomic mass is 9.99. The Kier molecular flexibility index (Phi) is 5.88. The molecule has 1 saturated heterocycles. The molecule has 5 heteroatoms. The quantitative estimate of drug-likeness (QED) is 0.715. The van der Waals surface area contributed by atoms with Gasteiger partial charge in [0.05, 0.1) is 18.4 Å². The predicted molar refractivity (Wildman–Crippen MR) is 84.4 cm³/mol. The van der Waals surface area contributed by atoms with Crippen molar-refractivity contribution in [2.24, 2.45) is 5.41 Å². The highest BCUT2D eigenvalue weighted by Crippen LogP contribution is 2.64. The molecule has 120 valence electrons. The molecule has 0 bridgehead atoms. The SMILES string of the molecule is COC[C@H]1CCCN1P(=O)(OCC(C)(C)C)C(C)(C)C. The van der Waals surface area contributed by atoms with Crippen LogP contribution in [0.4, 0.5) is 0 Å². The summed E-state index contributed by atoms with van der Waals surface area (Å²) in [6.45, 7) is 14.3. The van der Waals surface area contributed by atoms with Crippen LogP contribution in [0.2, 0.25) is 0 Å². The van der Waals surface area contributed by atoms with Crippen LogP contribution in [0.1, 0.15) is 54.4 Å². The third-order valence-corrected chi connectivity index (χ3v) is 6.94. The maximum Gasteiger partial charge on any atom is 0.277 e. The first-order chi connectivity index (χ1) is 9.01. The number of hydrogen-bond acceptors (Lipinski definition) is 3. The molecule has 1 rings (SSSR count). The molecule has 1 unspecified atom stereocenters. The first-order valence-corrected chi connectivity index (χ1v) is 9.10. The van der Waals surface area contributed by atoms with Crippen molar-refractivity contribution in [3.8, 4) is 0 Å². The highest BCUT2D eigenvalue weighted by atomic mass is 31.2. The summed E-state index contributed by atoms with van der Waals surface area (Å²) in [5.74, 6) is 0. The van der Waals surface area contributed by atoms with Crippen molar-refractivity contribution >= 4 is 7.52 Å². The zero-order valence-electron chi connectivity index (χ0n) is 14.2. The van der Waals surface area contributed by atoms with E-state index in [1.807, 2.05) is 20.8 Å². The van der Waals surface area contributed by atoms with Crippen molar-refractivity contribution in [3.63, 3.8) is 0 Å². The number of ether oxygens (including phenoxy) is 1. The van der Waals surface area contributed by atoms with E-state index in [2.05, 4.69) is 25.4 Å². The van der Waals surface area contributed by atoms with Gasteiger partial charge in [-0.05, 0) is 39.0 Å². The van der Waals surface area contributed by atoms with Crippen LogP contribution in [0.3, 0.4) is 0 Å². The van der Waals surface area contributed by atoms with Gasteiger partial charge in [-0.3, -0.25) is 4.57 Å².